The van der Waals surface area contributed by atoms with Crippen LogP contribution in [-0.2, 0) is 0 Å². The van der Waals surface area contributed by atoms with Crippen LogP contribution in [0.2, 0.25) is 0 Å². The molecule has 2 aromatic heterocycles. The zero-order valence-corrected chi connectivity index (χ0v) is 14.8. The molecule has 0 saturated heterocycles. The first-order chi connectivity index (χ1) is 12.7. The van der Waals surface area contributed by atoms with Crippen molar-refractivity contribution in [1.82, 2.24) is 9.97 Å². The summed E-state index contributed by atoms with van der Waals surface area (Å²) in [5, 5.41) is 3.43. The Labute approximate surface area is 152 Å². The lowest BCUT2D eigenvalue weighted by Gasteiger charge is -2.15. The highest BCUT2D eigenvalue weighted by Gasteiger charge is 2.16. The molecule has 0 N–H and O–H groups in total. The Kier molecular flexibility index (Phi) is 3.26. The molecule has 0 aliphatic rings. The lowest BCUT2D eigenvalue weighted by molar-refractivity contribution is 1.28. The number of benzene rings is 3. The van der Waals surface area contributed by atoms with Crippen molar-refractivity contribution in [2.45, 2.75) is 13.8 Å². The number of pyridine rings is 2. The van der Waals surface area contributed by atoms with Crippen LogP contribution in [0.4, 0.5) is 0 Å². The molecule has 3 aromatic carbocycles. The Bertz CT molecular complexity index is 1290. The average Bonchev–Trinajstić information content (AvgIpc) is 2.68. The van der Waals surface area contributed by atoms with Gasteiger partial charge in [-0.1, -0.05) is 60.2 Å². The van der Waals surface area contributed by atoms with E-state index in [9.17, 15) is 0 Å². The highest BCUT2D eigenvalue weighted by molar-refractivity contribution is 6.17. The first kappa shape index (κ1) is 15.0. The summed E-state index contributed by atoms with van der Waals surface area (Å²) in [5.74, 6) is 0. The van der Waals surface area contributed by atoms with E-state index in [0.717, 1.165) is 33.0 Å². The number of fused-ring (bicyclic) bond motifs is 4. The Morgan fingerprint density at radius 1 is 0.654 bits per heavy atom. The summed E-state index contributed by atoms with van der Waals surface area (Å²) >= 11 is 0. The summed E-state index contributed by atoms with van der Waals surface area (Å²) in [5.41, 5.74) is 7.73. The van der Waals surface area contributed by atoms with Crippen molar-refractivity contribution in [3.8, 4) is 11.1 Å². The van der Waals surface area contributed by atoms with Crippen LogP contribution in [0, 0.1) is 13.8 Å². The van der Waals surface area contributed by atoms with E-state index >= 15 is 0 Å². The van der Waals surface area contributed by atoms with E-state index in [0.29, 0.717) is 0 Å². The van der Waals surface area contributed by atoms with Gasteiger partial charge in [0.2, 0.25) is 0 Å². The molecule has 0 saturated carbocycles. The smallest absolute Gasteiger partial charge is 0.0828 e. The molecule has 2 heterocycles. The molecule has 0 fully saturated rings. The van der Waals surface area contributed by atoms with Crippen molar-refractivity contribution in [2.75, 3.05) is 0 Å². The third kappa shape index (κ3) is 2.19. The number of nitrogens with zero attached hydrogens (tertiary/aromatic N) is 2. The molecule has 0 aliphatic heterocycles. The molecule has 2 nitrogen and oxygen atoms in total. The van der Waals surface area contributed by atoms with Gasteiger partial charge in [-0.2, -0.15) is 0 Å². The van der Waals surface area contributed by atoms with Gasteiger partial charge in [0.15, 0.2) is 0 Å². The first-order valence-corrected chi connectivity index (χ1v) is 8.87. The summed E-state index contributed by atoms with van der Waals surface area (Å²) < 4.78 is 0. The molecule has 0 radical (unpaired) electrons. The Morgan fingerprint density at radius 3 is 2.23 bits per heavy atom. The maximum absolute atomic E-state index is 5.05. The predicted octanol–water partition coefficient (Wildman–Crippen LogP) is 6.22. The number of hydrogen-bond donors (Lipinski definition) is 0. The summed E-state index contributed by atoms with van der Waals surface area (Å²) in [4.78, 5) is 9.95. The number of hydrogen-bond acceptors (Lipinski definition) is 2. The Hall–Kier alpha value is -3.26. The van der Waals surface area contributed by atoms with Gasteiger partial charge < -0.3 is 0 Å². The van der Waals surface area contributed by atoms with Crippen molar-refractivity contribution in [2.24, 2.45) is 0 Å². The summed E-state index contributed by atoms with van der Waals surface area (Å²) in [6, 6.07) is 25.3. The van der Waals surface area contributed by atoms with Crippen molar-refractivity contribution < 1.29 is 0 Å². The lowest BCUT2D eigenvalue weighted by Crippen LogP contribution is -1.95. The molecule has 5 aromatic rings. The minimum atomic E-state index is 1.00. The summed E-state index contributed by atoms with van der Waals surface area (Å²) in [6.45, 7) is 4.20. The first-order valence-electron chi connectivity index (χ1n) is 8.87. The van der Waals surface area contributed by atoms with E-state index in [1.807, 2.05) is 0 Å². The molecular weight excluding hydrogens is 316 g/mol. The second kappa shape index (κ2) is 5.63. The van der Waals surface area contributed by atoms with E-state index in [1.54, 1.807) is 0 Å². The molecule has 0 atom stereocenters. The van der Waals surface area contributed by atoms with Crippen LogP contribution in [0.15, 0.2) is 72.8 Å². The van der Waals surface area contributed by atoms with Crippen LogP contribution in [0.5, 0.6) is 0 Å². The zero-order chi connectivity index (χ0) is 17.7. The minimum Gasteiger partial charge on any atom is -0.252 e. The van der Waals surface area contributed by atoms with Crippen molar-refractivity contribution >= 4 is 32.7 Å². The van der Waals surface area contributed by atoms with Crippen LogP contribution in [0.1, 0.15) is 11.3 Å². The molecular formula is C24H18N2. The number of para-hydroxylation sites is 1. The van der Waals surface area contributed by atoms with E-state index in [4.69, 9.17) is 9.97 Å². The standard InChI is InChI=1S/C24H18N2/c1-15-12-13-21-19(14-15)24-22(16(2)25-21)23(17-8-4-3-5-9-17)18-10-6-7-11-20(18)26-24/h3-14H,1-2H3. The molecule has 5 rings (SSSR count). The number of aromatic nitrogens is 2. The number of rotatable bonds is 1. The largest absolute Gasteiger partial charge is 0.252 e. The average molecular weight is 334 g/mol. The van der Waals surface area contributed by atoms with Gasteiger partial charge in [0.1, 0.15) is 0 Å². The van der Waals surface area contributed by atoms with Gasteiger partial charge in [0.25, 0.3) is 0 Å². The van der Waals surface area contributed by atoms with Crippen molar-refractivity contribution in [1.29, 1.82) is 0 Å². The van der Waals surface area contributed by atoms with E-state index < -0.39 is 0 Å². The molecule has 0 bridgehead atoms. The van der Waals surface area contributed by atoms with Crippen LogP contribution >= 0.6 is 0 Å². The van der Waals surface area contributed by atoms with Crippen LogP contribution in [-0.4, -0.2) is 9.97 Å². The van der Waals surface area contributed by atoms with Crippen LogP contribution in [0.3, 0.4) is 0 Å². The maximum Gasteiger partial charge on any atom is 0.0828 e. The molecule has 0 unspecified atom stereocenters. The summed E-state index contributed by atoms with van der Waals surface area (Å²) in [7, 11) is 0. The van der Waals surface area contributed by atoms with Crippen molar-refractivity contribution in [3.05, 3.63) is 84.1 Å². The SMILES string of the molecule is Cc1ccc2nc(C)c3c(-c4ccccc4)c4ccccc4nc3c2c1. The third-order valence-electron chi connectivity index (χ3n) is 5.01. The van der Waals surface area contributed by atoms with Crippen LogP contribution < -0.4 is 0 Å². The quantitative estimate of drug-likeness (QED) is 0.269. The second-order valence-corrected chi connectivity index (χ2v) is 6.81. The monoisotopic (exact) mass is 334 g/mol. The van der Waals surface area contributed by atoms with Gasteiger partial charge in [-0.05, 0) is 37.6 Å². The lowest BCUT2D eigenvalue weighted by atomic mass is 9.94. The molecule has 0 aliphatic carbocycles. The fraction of sp³-hybridized carbons (Fsp3) is 0.0833. The fourth-order valence-electron chi connectivity index (χ4n) is 3.84. The van der Waals surface area contributed by atoms with Gasteiger partial charge in [0, 0.05) is 27.4 Å². The highest BCUT2D eigenvalue weighted by atomic mass is 14.7. The van der Waals surface area contributed by atoms with Gasteiger partial charge in [-0.25, -0.2) is 4.98 Å². The predicted molar refractivity (Wildman–Crippen MR) is 109 cm³/mol. The summed E-state index contributed by atoms with van der Waals surface area (Å²) in [6.07, 6.45) is 0. The van der Waals surface area contributed by atoms with Crippen LogP contribution in [0.25, 0.3) is 43.8 Å². The maximum atomic E-state index is 5.05. The molecule has 2 heteroatoms. The highest BCUT2D eigenvalue weighted by Crippen LogP contribution is 2.38. The van der Waals surface area contributed by atoms with Gasteiger partial charge >= 0.3 is 0 Å². The Balaban J connectivity index is 2.09. The molecule has 26 heavy (non-hydrogen) atoms. The van der Waals surface area contributed by atoms with E-state index in [2.05, 4.69) is 86.6 Å². The second-order valence-electron chi connectivity index (χ2n) is 6.81. The third-order valence-corrected chi connectivity index (χ3v) is 5.01. The molecule has 124 valence electrons. The molecule has 0 amide bonds. The van der Waals surface area contributed by atoms with E-state index in [-0.39, 0.29) is 0 Å². The molecule has 0 spiro atoms. The van der Waals surface area contributed by atoms with Gasteiger partial charge in [-0.3, -0.25) is 4.98 Å². The Morgan fingerprint density at radius 2 is 1.38 bits per heavy atom. The van der Waals surface area contributed by atoms with Gasteiger partial charge in [-0.15, -0.1) is 0 Å². The topological polar surface area (TPSA) is 25.8 Å². The van der Waals surface area contributed by atoms with Gasteiger partial charge in [0.05, 0.1) is 16.6 Å². The fourth-order valence-corrected chi connectivity index (χ4v) is 3.84. The minimum absolute atomic E-state index is 1.00. The zero-order valence-electron chi connectivity index (χ0n) is 14.8. The number of aryl methyl sites for hydroxylation is 2. The van der Waals surface area contributed by atoms with E-state index in [1.165, 1.54) is 22.1 Å². The normalized spacial score (nSPS) is 11.5. The van der Waals surface area contributed by atoms with Crippen molar-refractivity contribution in [3.63, 3.8) is 0 Å².